The van der Waals surface area contributed by atoms with Crippen molar-refractivity contribution in [2.45, 2.75) is 44.8 Å². The van der Waals surface area contributed by atoms with E-state index in [1.807, 2.05) is 12.1 Å². The molecular weight excluding hydrogens is 580 g/mol. The summed E-state index contributed by atoms with van der Waals surface area (Å²) in [7, 11) is 0. The summed E-state index contributed by atoms with van der Waals surface area (Å²) in [6.07, 6.45) is 0.665. The summed E-state index contributed by atoms with van der Waals surface area (Å²) in [5, 5.41) is 9.57. The van der Waals surface area contributed by atoms with E-state index < -0.39 is 24.2 Å². The van der Waals surface area contributed by atoms with Crippen molar-refractivity contribution in [2.75, 3.05) is 30.4 Å². The van der Waals surface area contributed by atoms with Crippen molar-refractivity contribution in [3.8, 4) is 0 Å². The minimum Gasteiger partial charge on any atom is -0.466 e. The number of ether oxygens (including phenoxy) is 2. The number of carbonyl (C=O) groups excluding carboxylic acids is 4. The van der Waals surface area contributed by atoms with Gasteiger partial charge in [0.1, 0.15) is 13.0 Å². The second-order valence-corrected chi connectivity index (χ2v) is 10.3. The van der Waals surface area contributed by atoms with Crippen molar-refractivity contribution >= 4 is 62.8 Å². The number of nitrogens with one attached hydrogen (secondary N) is 3. The van der Waals surface area contributed by atoms with E-state index in [-0.39, 0.29) is 42.6 Å². The van der Waals surface area contributed by atoms with Gasteiger partial charge < -0.3 is 30.3 Å². The number of piperidine rings is 1. The number of nitrogens with zero attached hydrogens (tertiary/aromatic N) is 1. The van der Waals surface area contributed by atoms with Crippen LogP contribution in [0.1, 0.15) is 42.1 Å². The van der Waals surface area contributed by atoms with Gasteiger partial charge in [-0.25, -0.2) is 4.79 Å². The van der Waals surface area contributed by atoms with Gasteiger partial charge >= 0.3 is 12.1 Å². The van der Waals surface area contributed by atoms with E-state index in [4.69, 9.17) is 21.1 Å². The number of benzene rings is 2. The molecule has 2 saturated heterocycles. The largest absolute Gasteiger partial charge is 0.466 e. The second-order valence-electron chi connectivity index (χ2n) is 9.01. The first kappa shape index (κ1) is 27.7. The van der Waals surface area contributed by atoms with Crippen molar-refractivity contribution < 1.29 is 28.7 Å². The van der Waals surface area contributed by atoms with Crippen molar-refractivity contribution in [2.24, 2.45) is 0 Å². The van der Waals surface area contributed by atoms with E-state index >= 15 is 0 Å². The number of carbonyl (C=O) groups is 4. The third-order valence-corrected chi connectivity index (χ3v) is 7.22. The number of halogens is 2. The van der Waals surface area contributed by atoms with Crippen LogP contribution in [0.4, 0.5) is 16.2 Å². The summed E-state index contributed by atoms with van der Waals surface area (Å²) < 4.78 is 10.6. The number of rotatable bonds is 9. The molecule has 10 nitrogen and oxygen atoms in total. The molecule has 12 heteroatoms. The Morgan fingerprint density at radius 3 is 2.68 bits per heavy atom. The molecule has 0 unspecified atom stereocenters. The van der Waals surface area contributed by atoms with Crippen molar-refractivity contribution in [3.63, 3.8) is 0 Å². The normalized spacial score (nSPS) is 18.3. The molecule has 4 rings (SSSR count). The van der Waals surface area contributed by atoms with Gasteiger partial charge in [-0.2, -0.15) is 0 Å². The highest BCUT2D eigenvalue weighted by Crippen LogP contribution is 2.33. The summed E-state index contributed by atoms with van der Waals surface area (Å²) in [6, 6.07) is 10.4. The summed E-state index contributed by atoms with van der Waals surface area (Å²) in [5.41, 5.74) is 1.98. The Morgan fingerprint density at radius 2 is 1.95 bits per heavy atom. The summed E-state index contributed by atoms with van der Waals surface area (Å²) >= 11 is 9.48. The predicted octanol–water partition coefficient (Wildman–Crippen LogP) is 4.32. The van der Waals surface area contributed by atoms with Crippen molar-refractivity contribution in [3.05, 3.63) is 57.0 Å². The SMILES string of the molecule is CCOC(=O)CC(=O)Nc1cc(Br)c(N[C@H]2CCN3C(=O)OC[C@@H]3C2)cc1C(=O)NCc1ccc(Cl)cc1. The van der Waals surface area contributed by atoms with Gasteiger partial charge in [-0.3, -0.25) is 14.4 Å². The highest BCUT2D eigenvalue weighted by molar-refractivity contribution is 9.10. The summed E-state index contributed by atoms with van der Waals surface area (Å²) in [5.74, 6) is -1.66. The number of amides is 3. The number of esters is 1. The minimum atomic E-state index is -0.656. The maximum atomic E-state index is 13.3. The van der Waals surface area contributed by atoms with E-state index in [0.717, 1.165) is 5.56 Å². The van der Waals surface area contributed by atoms with Crippen LogP contribution >= 0.6 is 27.5 Å². The number of hydrogen-bond acceptors (Lipinski definition) is 7. The lowest BCUT2D eigenvalue weighted by Gasteiger charge is -2.33. The first-order valence-corrected chi connectivity index (χ1v) is 13.4. The van der Waals surface area contributed by atoms with Gasteiger partial charge in [0, 0.05) is 34.3 Å². The molecule has 0 bridgehead atoms. The van der Waals surface area contributed by atoms with Gasteiger partial charge in [-0.1, -0.05) is 23.7 Å². The molecule has 0 aliphatic carbocycles. The average Bonchev–Trinajstić information content (AvgIpc) is 3.25. The standard InChI is InChI=1S/C26H28BrClN4O6/c1-2-37-24(34)12-23(33)31-21-11-20(27)22(30-17-7-8-32-18(9-17)14-38-26(32)36)10-19(21)25(35)29-13-15-3-5-16(28)6-4-15/h3-6,10-11,17-18,30H,2,7-9,12-14H2,1H3,(H,29,35)(H,31,33)/t17-,18-/m0/s1. The second kappa shape index (κ2) is 12.5. The van der Waals surface area contributed by atoms with Crippen LogP contribution in [0.15, 0.2) is 40.9 Å². The molecule has 0 radical (unpaired) electrons. The fraction of sp³-hybridized carbons (Fsp3) is 0.385. The van der Waals surface area contributed by atoms with Gasteiger partial charge in [0.05, 0.1) is 23.9 Å². The van der Waals surface area contributed by atoms with E-state index in [2.05, 4.69) is 31.9 Å². The highest BCUT2D eigenvalue weighted by Gasteiger charge is 2.38. The maximum Gasteiger partial charge on any atom is 0.410 e. The Balaban J connectivity index is 1.52. The average molecular weight is 608 g/mol. The van der Waals surface area contributed by atoms with Crippen LogP contribution in [-0.2, 0) is 25.6 Å². The van der Waals surface area contributed by atoms with E-state index in [1.165, 1.54) is 0 Å². The van der Waals surface area contributed by atoms with Gasteiger partial charge in [-0.05, 0) is 65.5 Å². The number of hydrogen-bond donors (Lipinski definition) is 3. The molecule has 2 heterocycles. The minimum absolute atomic E-state index is 0.0103. The third-order valence-electron chi connectivity index (χ3n) is 6.31. The molecule has 0 aromatic heterocycles. The van der Waals surface area contributed by atoms with Crippen LogP contribution in [0, 0.1) is 0 Å². The molecular formula is C26H28BrClN4O6. The van der Waals surface area contributed by atoms with Gasteiger partial charge in [0.2, 0.25) is 5.91 Å². The van der Waals surface area contributed by atoms with Gasteiger partial charge in [0.25, 0.3) is 5.91 Å². The number of anilines is 2. The molecule has 3 N–H and O–H groups in total. The van der Waals surface area contributed by atoms with E-state index in [9.17, 15) is 19.2 Å². The van der Waals surface area contributed by atoms with E-state index in [1.54, 1.807) is 36.1 Å². The van der Waals surface area contributed by atoms with Crippen LogP contribution < -0.4 is 16.0 Å². The fourth-order valence-electron chi connectivity index (χ4n) is 4.44. The molecule has 2 atom stereocenters. The first-order chi connectivity index (χ1) is 18.2. The van der Waals surface area contributed by atoms with Gasteiger partial charge in [0.15, 0.2) is 0 Å². The molecule has 2 aromatic rings. The fourth-order valence-corrected chi connectivity index (χ4v) is 5.03. The zero-order valence-corrected chi connectivity index (χ0v) is 23.1. The summed E-state index contributed by atoms with van der Waals surface area (Å²) in [6.45, 7) is 3.01. The Labute approximate surface area is 233 Å². The first-order valence-electron chi connectivity index (χ1n) is 12.2. The molecule has 2 aliphatic heterocycles. The smallest absolute Gasteiger partial charge is 0.410 e. The zero-order chi connectivity index (χ0) is 27.2. The quantitative estimate of drug-likeness (QED) is 0.286. The lowest BCUT2D eigenvalue weighted by Crippen LogP contribution is -2.45. The van der Waals surface area contributed by atoms with Crippen LogP contribution in [0.2, 0.25) is 5.02 Å². The Bertz CT molecular complexity index is 1220. The molecule has 2 fully saturated rings. The lowest BCUT2D eigenvalue weighted by molar-refractivity contribution is -0.145. The van der Waals surface area contributed by atoms with E-state index in [0.29, 0.717) is 41.2 Å². The number of fused-ring (bicyclic) bond motifs is 1. The highest BCUT2D eigenvalue weighted by atomic mass is 79.9. The lowest BCUT2D eigenvalue weighted by atomic mass is 9.98. The zero-order valence-electron chi connectivity index (χ0n) is 20.7. The van der Waals surface area contributed by atoms with Crippen molar-refractivity contribution in [1.82, 2.24) is 10.2 Å². The molecule has 2 aliphatic rings. The van der Waals surface area contributed by atoms with Crippen molar-refractivity contribution in [1.29, 1.82) is 0 Å². The van der Waals surface area contributed by atoms with Crippen LogP contribution in [0.25, 0.3) is 0 Å². The Morgan fingerprint density at radius 1 is 1.18 bits per heavy atom. The summed E-state index contributed by atoms with van der Waals surface area (Å²) in [4.78, 5) is 51.1. The molecule has 0 spiro atoms. The Hall–Kier alpha value is -3.31. The molecule has 0 saturated carbocycles. The maximum absolute atomic E-state index is 13.3. The van der Waals surface area contributed by atoms with Crippen LogP contribution in [0.3, 0.4) is 0 Å². The topological polar surface area (TPSA) is 126 Å². The van der Waals surface area contributed by atoms with Crippen LogP contribution in [-0.4, -0.2) is 60.6 Å². The third kappa shape index (κ3) is 6.96. The Kier molecular flexibility index (Phi) is 9.11. The molecule has 2 aromatic carbocycles. The number of cyclic esters (lactones) is 1. The predicted molar refractivity (Wildman–Crippen MR) is 145 cm³/mol. The monoisotopic (exact) mass is 606 g/mol. The van der Waals surface area contributed by atoms with Gasteiger partial charge in [-0.15, -0.1) is 0 Å². The molecule has 202 valence electrons. The molecule has 3 amide bonds. The van der Waals surface area contributed by atoms with Crippen LogP contribution in [0.5, 0.6) is 0 Å². The molecule has 38 heavy (non-hydrogen) atoms.